The van der Waals surface area contributed by atoms with E-state index < -0.39 is 9.84 Å². The maximum atomic E-state index is 11.3. The Labute approximate surface area is 95.2 Å². The number of nitrogens with one attached hydrogen (secondary N) is 1. The molecule has 0 aromatic carbocycles. The van der Waals surface area contributed by atoms with Crippen LogP contribution in [0.4, 0.5) is 5.82 Å². The molecule has 0 aliphatic carbocycles. The van der Waals surface area contributed by atoms with Gasteiger partial charge in [0, 0.05) is 18.4 Å². The number of anilines is 1. The van der Waals surface area contributed by atoms with Crippen LogP contribution in [-0.4, -0.2) is 35.9 Å². The van der Waals surface area contributed by atoms with Crippen LogP contribution in [-0.2, 0) is 9.84 Å². The van der Waals surface area contributed by atoms with Gasteiger partial charge in [-0.15, -0.1) is 0 Å². The molecule has 0 saturated carbocycles. The third kappa shape index (κ3) is 2.69. The Bertz CT molecular complexity index is 459. The first-order valence-electron chi connectivity index (χ1n) is 5.31. The topological polar surface area (TPSA) is 72.0 Å². The minimum Gasteiger partial charge on any atom is -0.366 e. The Morgan fingerprint density at radius 1 is 1.25 bits per heavy atom. The van der Waals surface area contributed by atoms with Crippen molar-refractivity contribution in [2.24, 2.45) is 0 Å². The van der Waals surface area contributed by atoms with Crippen LogP contribution >= 0.6 is 0 Å². The number of sulfone groups is 1. The van der Waals surface area contributed by atoms with Gasteiger partial charge in [0.15, 0.2) is 0 Å². The number of rotatable bonds is 2. The Balaban J connectivity index is 2.00. The fraction of sp³-hybridized carbons (Fsp3) is 0.600. The summed E-state index contributed by atoms with van der Waals surface area (Å²) in [6.45, 7) is 1.88. The Kier molecular flexibility index (Phi) is 3.09. The predicted octanol–water partition coefficient (Wildman–Crippen LogP) is 0.774. The maximum Gasteiger partial charge on any atom is 0.150 e. The summed E-state index contributed by atoms with van der Waals surface area (Å²) in [7, 11) is -2.79. The lowest BCUT2D eigenvalue weighted by atomic mass is 10.1. The smallest absolute Gasteiger partial charge is 0.150 e. The van der Waals surface area contributed by atoms with Gasteiger partial charge in [0.2, 0.25) is 0 Å². The summed E-state index contributed by atoms with van der Waals surface area (Å²) in [6, 6.07) is 0.193. The number of aryl methyl sites for hydroxylation is 1. The molecule has 1 aromatic heterocycles. The zero-order valence-electron chi connectivity index (χ0n) is 9.18. The molecule has 1 saturated heterocycles. The minimum absolute atomic E-state index is 0.193. The molecule has 2 rings (SSSR count). The average Bonchev–Trinajstić information content (AvgIpc) is 2.24. The molecule has 0 radical (unpaired) electrons. The van der Waals surface area contributed by atoms with E-state index in [4.69, 9.17) is 0 Å². The van der Waals surface area contributed by atoms with Gasteiger partial charge in [-0.2, -0.15) is 0 Å². The molecular weight excluding hydrogens is 226 g/mol. The van der Waals surface area contributed by atoms with Gasteiger partial charge in [-0.05, 0) is 19.8 Å². The first-order valence-corrected chi connectivity index (χ1v) is 7.13. The van der Waals surface area contributed by atoms with Crippen LogP contribution in [0, 0.1) is 6.92 Å². The number of hydrogen-bond donors (Lipinski definition) is 1. The van der Waals surface area contributed by atoms with Gasteiger partial charge in [-0.25, -0.2) is 13.4 Å². The van der Waals surface area contributed by atoms with Crippen molar-refractivity contribution in [1.82, 2.24) is 9.97 Å². The summed E-state index contributed by atoms with van der Waals surface area (Å²) in [5.41, 5.74) is 0.843. The highest BCUT2D eigenvalue weighted by Gasteiger charge is 2.23. The van der Waals surface area contributed by atoms with E-state index in [2.05, 4.69) is 15.3 Å². The first kappa shape index (κ1) is 11.3. The van der Waals surface area contributed by atoms with E-state index in [-0.39, 0.29) is 17.5 Å². The van der Waals surface area contributed by atoms with Crippen molar-refractivity contribution in [2.75, 3.05) is 16.8 Å². The lowest BCUT2D eigenvalue weighted by Gasteiger charge is -2.23. The summed E-state index contributed by atoms with van der Waals surface area (Å²) in [5, 5.41) is 3.25. The fourth-order valence-electron chi connectivity index (χ4n) is 1.78. The number of hydrogen-bond acceptors (Lipinski definition) is 5. The molecule has 1 aromatic rings. The third-order valence-electron chi connectivity index (χ3n) is 2.78. The molecule has 1 aliphatic rings. The van der Waals surface area contributed by atoms with Crippen molar-refractivity contribution < 1.29 is 8.42 Å². The van der Waals surface area contributed by atoms with Crippen molar-refractivity contribution in [2.45, 2.75) is 25.8 Å². The summed E-state index contributed by atoms with van der Waals surface area (Å²) in [4.78, 5) is 8.32. The number of nitrogens with zero attached hydrogens (tertiary/aromatic N) is 2. The molecule has 1 aliphatic heterocycles. The van der Waals surface area contributed by atoms with Gasteiger partial charge < -0.3 is 5.32 Å². The number of aromatic nitrogens is 2. The van der Waals surface area contributed by atoms with Crippen LogP contribution in [0.25, 0.3) is 0 Å². The molecular formula is C10H15N3O2S. The Morgan fingerprint density at radius 2 is 1.88 bits per heavy atom. The van der Waals surface area contributed by atoms with E-state index >= 15 is 0 Å². The highest BCUT2D eigenvalue weighted by atomic mass is 32.2. The quantitative estimate of drug-likeness (QED) is 0.828. The zero-order valence-corrected chi connectivity index (χ0v) is 10.00. The van der Waals surface area contributed by atoms with E-state index in [1.165, 1.54) is 0 Å². The predicted molar refractivity (Wildman–Crippen MR) is 62.1 cm³/mol. The molecule has 0 spiro atoms. The lowest BCUT2D eigenvalue weighted by Crippen LogP contribution is -2.32. The van der Waals surface area contributed by atoms with Gasteiger partial charge in [-0.1, -0.05) is 0 Å². The highest BCUT2D eigenvalue weighted by Crippen LogP contribution is 2.17. The lowest BCUT2D eigenvalue weighted by molar-refractivity contribution is 0.559. The van der Waals surface area contributed by atoms with Crippen LogP contribution in [0.2, 0.25) is 0 Å². The molecule has 2 heterocycles. The van der Waals surface area contributed by atoms with Gasteiger partial charge in [0.05, 0.1) is 17.2 Å². The second-order valence-electron chi connectivity index (χ2n) is 4.06. The van der Waals surface area contributed by atoms with Crippen LogP contribution in [0.5, 0.6) is 0 Å². The second kappa shape index (κ2) is 4.37. The van der Waals surface area contributed by atoms with Crippen molar-refractivity contribution >= 4 is 15.7 Å². The normalized spacial score (nSPS) is 20.6. The Morgan fingerprint density at radius 3 is 2.50 bits per heavy atom. The average molecular weight is 241 g/mol. The van der Waals surface area contributed by atoms with E-state index in [1.807, 2.05) is 6.92 Å². The fourth-order valence-corrected chi connectivity index (χ4v) is 3.27. The van der Waals surface area contributed by atoms with E-state index in [0.29, 0.717) is 12.8 Å². The van der Waals surface area contributed by atoms with Crippen molar-refractivity contribution in [3.05, 3.63) is 18.1 Å². The minimum atomic E-state index is -2.79. The van der Waals surface area contributed by atoms with E-state index in [1.54, 1.807) is 12.4 Å². The molecule has 1 fully saturated rings. The van der Waals surface area contributed by atoms with Crippen LogP contribution in [0.15, 0.2) is 12.4 Å². The van der Waals surface area contributed by atoms with E-state index in [0.717, 1.165) is 11.5 Å². The molecule has 5 nitrogen and oxygen atoms in total. The molecule has 0 bridgehead atoms. The SMILES string of the molecule is Cc1nccnc1NC1CCS(=O)(=O)CC1. The van der Waals surface area contributed by atoms with Gasteiger partial charge >= 0.3 is 0 Å². The van der Waals surface area contributed by atoms with Crippen molar-refractivity contribution in [1.29, 1.82) is 0 Å². The van der Waals surface area contributed by atoms with Crippen LogP contribution in [0.3, 0.4) is 0 Å². The molecule has 6 heteroatoms. The van der Waals surface area contributed by atoms with Crippen molar-refractivity contribution in [3.8, 4) is 0 Å². The van der Waals surface area contributed by atoms with Crippen LogP contribution in [0.1, 0.15) is 18.5 Å². The maximum absolute atomic E-state index is 11.3. The van der Waals surface area contributed by atoms with Gasteiger partial charge in [0.1, 0.15) is 15.7 Å². The largest absolute Gasteiger partial charge is 0.366 e. The highest BCUT2D eigenvalue weighted by molar-refractivity contribution is 7.91. The van der Waals surface area contributed by atoms with Gasteiger partial charge in [-0.3, -0.25) is 4.98 Å². The summed E-state index contributed by atoms with van der Waals surface area (Å²) in [6.07, 6.45) is 4.58. The molecule has 1 N–H and O–H groups in total. The van der Waals surface area contributed by atoms with Crippen molar-refractivity contribution in [3.63, 3.8) is 0 Å². The molecule has 0 atom stereocenters. The standard InChI is InChI=1S/C10H15N3O2S/c1-8-10(12-5-4-11-8)13-9-2-6-16(14,15)7-3-9/h4-5,9H,2-3,6-7H2,1H3,(H,12,13). The Hall–Kier alpha value is -1.17. The zero-order chi connectivity index (χ0) is 11.6. The van der Waals surface area contributed by atoms with Crippen LogP contribution < -0.4 is 5.32 Å². The third-order valence-corrected chi connectivity index (χ3v) is 4.49. The molecule has 0 unspecified atom stereocenters. The molecule has 16 heavy (non-hydrogen) atoms. The monoisotopic (exact) mass is 241 g/mol. The summed E-state index contributed by atoms with van der Waals surface area (Å²) in [5.74, 6) is 1.29. The first-order chi connectivity index (χ1) is 7.57. The summed E-state index contributed by atoms with van der Waals surface area (Å²) >= 11 is 0. The van der Waals surface area contributed by atoms with E-state index in [9.17, 15) is 8.42 Å². The van der Waals surface area contributed by atoms with Gasteiger partial charge in [0.25, 0.3) is 0 Å². The second-order valence-corrected chi connectivity index (χ2v) is 6.36. The molecule has 88 valence electrons. The molecule has 0 amide bonds. The summed E-state index contributed by atoms with van der Waals surface area (Å²) < 4.78 is 22.5.